The van der Waals surface area contributed by atoms with E-state index >= 15 is 0 Å². The predicted molar refractivity (Wildman–Crippen MR) is 78.6 cm³/mol. The van der Waals surface area contributed by atoms with Crippen LogP contribution in [0, 0.1) is 0 Å². The lowest BCUT2D eigenvalue weighted by molar-refractivity contribution is -0.131. The molecule has 0 radical (unpaired) electrons. The summed E-state index contributed by atoms with van der Waals surface area (Å²) in [4.78, 5) is 13.0. The molecule has 1 aliphatic heterocycles. The molecule has 0 saturated carbocycles. The van der Waals surface area contributed by atoms with Crippen LogP contribution < -0.4 is 4.90 Å². The fourth-order valence-corrected chi connectivity index (χ4v) is 2.63. The Bertz CT molecular complexity index is 544. The van der Waals surface area contributed by atoms with Gasteiger partial charge in [-0.3, -0.25) is 0 Å². The van der Waals surface area contributed by atoms with Crippen LogP contribution in [-0.4, -0.2) is 24.7 Å². The Kier molecular flexibility index (Phi) is 3.40. The van der Waals surface area contributed by atoms with Gasteiger partial charge in [0.25, 0.3) is 0 Å². The average molecular weight is 259 g/mol. The molecule has 19 heavy (non-hydrogen) atoms. The first-order valence-electron chi connectivity index (χ1n) is 6.58. The standard InChI is InChI=1S/C16H21NO2/c1-11(9-15(18)19)12-5-6-14-13(10-12)16(2,3)7-8-17(14)4/h5-6,9-10H,7-8H2,1-4H3,(H,18,19). The van der Waals surface area contributed by atoms with Crippen LogP contribution >= 0.6 is 0 Å². The number of fused-ring (bicyclic) bond motifs is 1. The fraction of sp³-hybridized carbons (Fsp3) is 0.438. The van der Waals surface area contributed by atoms with E-state index in [1.807, 2.05) is 13.0 Å². The smallest absolute Gasteiger partial charge is 0.328 e. The summed E-state index contributed by atoms with van der Waals surface area (Å²) < 4.78 is 0. The van der Waals surface area contributed by atoms with Gasteiger partial charge in [-0.2, -0.15) is 0 Å². The van der Waals surface area contributed by atoms with Gasteiger partial charge < -0.3 is 10.0 Å². The van der Waals surface area contributed by atoms with E-state index in [9.17, 15) is 4.79 Å². The van der Waals surface area contributed by atoms with Gasteiger partial charge in [0.15, 0.2) is 0 Å². The first kappa shape index (κ1) is 13.7. The number of carboxylic acids is 1. The van der Waals surface area contributed by atoms with E-state index in [1.165, 1.54) is 17.3 Å². The molecule has 1 aliphatic rings. The van der Waals surface area contributed by atoms with Crippen molar-refractivity contribution in [2.75, 3.05) is 18.5 Å². The average Bonchev–Trinajstić information content (AvgIpc) is 2.33. The predicted octanol–water partition coefficient (Wildman–Crippen LogP) is 3.29. The van der Waals surface area contributed by atoms with Crippen LogP contribution in [0.2, 0.25) is 0 Å². The first-order chi connectivity index (χ1) is 8.81. The summed E-state index contributed by atoms with van der Waals surface area (Å²) in [5.41, 5.74) is 4.48. The van der Waals surface area contributed by atoms with Crippen LogP contribution in [0.1, 0.15) is 38.3 Å². The molecule has 1 N–H and O–H groups in total. The number of carbonyl (C=O) groups is 1. The molecule has 0 aliphatic carbocycles. The topological polar surface area (TPSA) is 40.5 Å². The number of aliphatic carboxylic acids is 1. The molecule has 102 valence electrons. The van der Waals surface area contributed by atoms with Gasteiger partial charge in [0.1, 0.15) is 0 Å². The summed E-state index contributed by atoms with van der Waals surface area (Å²) in [7, 11) is 2.10. The van der Waals surface area contributed by atoms with Crippen molar-refractivity contribution in [1.82, 2.24) is 0 Å². The molecule has 0 aromatic heterocycles. The maximum Gasteiger partial charge on any atom is 0.328 e. The van der Waals surface area contributed by atoms with E-state index in [0.29, 0.717) is 0 Å². The second-order valence-electron chi connectivity index (χ2n) is 5.95. The minimum atomic E-state index is -0.897. The Morgan fingerprint density at radius 2 is 2.11 bits per heavy atom. The molecular formula is C16H21NO2. The molecule has 0 unspecified atom stereocenters. The van der Waals surface area contributed by atoms with E-state index in [1.54, 1.807) is 0 Å². The summed E-state index contributed by atoms with van der Waals surface area (Å²) in [5.74, 6) is -0.897. The lowest BCUT2D eigenvalue weighted by Crippen LogP contribution is -2.34. The minimum absolute atomic E-state index is 0.140. The van der Waals surface area contributed by atoms with Crippen LogP contribution in [-0.2, 0) is 10.2 Å². The fourth-order valence-electron chi connectivity index (χ4n) is 2.63. The highest BCUT2D eigenvalue weighted by Crippen LogP contribution is 2.40. The lowest BCUT2D eigenvalue weighted by Gasteiger charge is -2.38. The molecule has 0 saturated heterocycles. The molecule has 1 aromatic carbocycles. The SMILES string of the molecule is CC(=CC(=O)O)c1ccc2c(c1)C(C)(C)CCN2C. The molecule has 0 amide bonds. The van der Waals surface area contributed by atoms with Crippen molar-refractivity contribution in [1.29, 1.82) is 0 Å². The Hall–Kier alpha value is -1.77. The summed E-state index contributed by atoms with van der Waals surface area (Å²) in [6.45, 7) is 7.40. The molecule has 0 atom stereocenters. The third kappa shape index (κ3) is 2.65. The Balaban J connectivity index is 2.51. The number of hydrogen-bond donors (Lipinski definition) is 1. The summed E-state index contributed by atoms with van der Waals surface area (Å²) >= 11 is 0. The van der Waals surface area contributed by atoms with Gasteiger partial charge in [-0.15, -0.1) is 0 Å². The Labute approximate surface area is 114 Å². The molecule has 1 heterocycles. The molecular weight excluding hydrogens is 238 g/mol. The van der Waals surface area contributed by atoms with Crippen LogP contribution in [0.25, 0.3) is 5.57 Å². The second kappa shape index (κ2) is 4.72. The number of rotatable bonds is 2. The number of benzene rings is 1. The number of carboxylic acid groups (broad SMARTS) is 1. The van der Waals surface area contributed by atoms with Crippen molar-refractivity contribution in [3.05, 3.63) is 35.4 Å². The van der Waals surface area contributed by atoms with Crippen molar-refractivity contribution in [3.63, 3.8) is 0 Å². The van der Waals surface area contributed by atoms with E-state index in [4.69, 9.17) is 5.11 Å². The van der Waals surface area contributed by atoms with Gasteiger partial charge in [-0.1, -0.05) is 19.9 Å². The van der Waals surface area contributed by atoms with Gasteiger partial charge in [0.05, 0.1) is 0 Å². The maximum atomic E-state index is 10.8. The second-order valence-corrected chi connectivity index (χ2v) is 5.95. The normalized spacial score (nSPS) is 18.1. The largest absolute Gasteiger partial charge is 0.478 e. The highest BCUT2D eigenvalue weighted by Gasteiger charge is 2.29. The molecule has 0 spiro atoms. The molecule has 1 aromatic rings. The first-order valence-corrected chi connectivity index (χ1v) is 6.58. The monoisotopic (exact) mass is 259 g/mol. The Morgan fingerprint density at radius 1 is 1.42 bits per heavy atom. The van der Waals surface area contributed by atoms with Crippen LogP contribution in [0.4, 0.5) is 5.69 Å². The Morgan fingerprint density at radius 3 is 2.74 bits per heavy atom. The van der Waals surface area contributed by atoms with Gasteiger partial charge in [0, 0.05) is 25.4 Å². The van der Waals surface area contributed by atoms with E-state index in [2.05, 4.69) is 37.9 Å². The third-order valence-corrected chi connectivity index (χ3v) is 4.00. The zero-order chi connectivity index (χ0) is 14.2. The van der Waals surface area contributed by atoms with Crippen LogP contribution in [0.5, 0.6) is 0 Å². The van der Waals surface area contributed by atoms with Crippen molar-refractivity contribution < 1.29 is 9.90 Å². The van der Waals surface area contributed by atoms with E-state index < -0.39 is 5.97 Å². The number of nitrogens with zero attached hydrogens (tertiary/aromatic N) is 1. The van der Waals surface area contributed by atoms with E-state index in [0.717, 1.165) is 24.1 Å². The van der Waals surface area contributed by atoms with Gasteiger partial charge >= 0.3 is 5.97 Å². The van der Waals surface area contributed by atoms with Crippen molar-refractivity contribution in [2.45, 2.75) is 32.6 Å². The van der Waals surface area contributed by atoms with Crippen LogP contribution in [0.15, 0.2) is 24.3 Å². The molecule has 3 heteroatoms. The molecule has 0 bridgehead atoms. The van der Waals surface area contributed by atoms with E-state index in [-0.39, 0.29) is 5.41 Å². The minimum Gasteiger partial charge on any atom is -0.478 e. The summed E-state index contributed by atoms with van der Waals surface area (Å²) in [6.07, 6.45) is 2.38. The summed E-state index contributed by atoms with van der Waals surface area (Å²) in [5, 5.41) is 8.84. The highest BCUT2D eigenvalue weighted by molar-refractivity contribution is 5.89. The number of allylic oxidation sites excluding steroid dienone is 1. The third-order valence-electron chi connectivity index (χ3n) is 4.00. The quantitative estimate of drug-likeness (QED) is 0.828. The zero-order valence-corrected chi connectivity index (χ0v) is 12.0. The van der Waals surface area contributed by atoms with Crippen molar-refractivity contribution in [3.8, 4) is 0 Å². The highest BCUT2D eigenvalue weighted by atomic mass is 16.4. The summed E-state index contributed by atoms with van der Waals surface area (Å²) in [6, 6.07) is 6.25. The zero-order valence-electron chi connectivity index (χ0n) is 12.0. The van der Waals surface area contributed by atoms with Crippen LogP contribution in [0.3, 0.4) is 0 Å². The maximum absolute atomic E-state index is 10.8. The van der Waals surface area contributed by atoms with Gasteiger partial charge in [0.2, 0.25) is 0 Å². The molecule has 3 nitrogen and oxygen atoms in total. The van der Waals surface area contributed by atoms with Crippen molar-refractivity contribution >= 4 is 17.2 Å². The lowest BCUT2D eigenvalue weighted by atomic mass is 9.77. The molecule has 2 rings (SSSR count). The van der Waals surface area contributed by atoms with Gasteiger partial charge in [-0.05, 0) is 47.6 Å². The van der Waals surface area contributed by atoms with Crippen molar-refractivity contribution in [2.24, 2.45) is 0 Å². The number of hydrogen-bond acceptors (Lipinski definition) is 2. The number of anilines is 1. The van der Waals surface area contributed by atoms with Gasteiger partial charge in [-0.25, -0.2) is 4.79 Å². The molecule has 0 fully saturated rings.